The smallest absolute Gasteiger partial charge is 0.345 e. The van der Waals surface area contributed by atoms with E-state index in [4.69, 9.17) is 15.2 Å². The number of amides is 2. The van der Waals surface area contributed by atoms with E-state index in [-0.39, 0.29) is 31.7 Å². The van der Waals surface area contributed by atoms with Crippen molar-refractivity contribution in [3.05, 3.63) is 53.6 Å². The minimum Gasteiger partial charge on any atom is -0.495 e. The van der Waals surface area contributed by atoms with Gasteiger partial charge in [-0.15, -0.1) is 0 Å². The first kappa shape index (κ1) is 44.4. The van der Waals surface area contributed by atoms with E-state index in [9.17, 15) is 27.9 Å². The minimum absolute atomic E-state index is 0.0122. The van der Waals surface area contributed by atoms with Gasteiger partial charge in [0.1, 0.15) is 11.8 Å². The number of sulfonamides is 1. The fraction of sp³-hybridized carbons (Fsp3) is 0.590. The summed E-state index contributed by atoms with van der Waals surface area (Å²) in [5.74, 6) is -0.962. The number of nitrogens with one attached hydrogen (secondary N) is 4. The monoisotopic (exact) mass is 801 g/mol. The summed E-state index contributed by atoms with van der Waals surface area (Å²) in [5.41, 5.74) is 6.65. The van der Waals surface area contributed by atoms with Gasteiger partial charge in [-0.1, -0.05) is 27.7 Å². The van der Waals surface area contributed by atoms with Crippen LogP contribution in [0.3, 0.4) is 0 Å². The summed E-state index contributed by atoms with van der Waals surface area (Å²) in [6.45, 7) is 12.7. The highest BCUT2D eigenvalue weighted by Gasteiger charge is 2.36. The number of piperidine rings is 1. The number of anilines is 1. The van der Waals surface area contributed by atoms with Gasteiger partial charge in [0.2, 0.25) is 10.0 Å². The molecule has 0 aromatic heterocycles. The first-order chi connectivity index (χ1) is 26.3. The Labute approximate surface area is 331 Å². The Bertz CT molecular complexity index is 1820. The van der Waals surface area contributed by atoms with Crippen molar-refractivity contribution in [1.29, 1.82) is 0 Å². The average Bonchev–Trinajstić information content (AvgIpc) is 3.15. The van der Waals surface area contributed by atoms with Crippen LogP contribution in [0.25, 0.3) is 0 Å². The molecule has 1 saturated heterocycles. The zero-order valence-corrected chi connectivity index (χ0v) is 34.6. The molecular weight excluding hydrogens is 741 g/mol. The van der Waals surface area contributed by atoms with E-state index in [1.165, 1.54) is 31.4 Å². The van der Waals surface area contributed by atoms with Crippen molar-refractivity contribution in [3.8, 4) is 5.75 Å². The maximum absolute atomic E-state index is 13.5. The molecule has 56 heavy (non-hydrogen) atoms. The lowest BCUT2D eigenvalue weighted by Crippen LogP contribution is -2.52. The topological polar surface area (TPSA) is 214 Å². The largest absolute Gasteiger partial charge is 0.495 e. The quantitative estimate of drug-likeness (QED) is 0.120. The van der Waals surface area contributed by atoms with Crippen LogP contribution in [-0.4, -0.2) is 134 Å². The number of carboxylic acid groups (broad SMARTS) is 1. The number of hydrogen-bond donors (Lipinski definition) is 6. The Morgan fingerprint density at radius 3 is 2.27 bits per heavy atom. The summed E-state index contributed by atoms with van der Waals surface area (Å²) in [6.07, 6.45) is 2.81. The minimum atomic E-state index is -4.35. The van der Waals surface area contributed by atoms with Crippen molar-refractivity contribution in [3.63, 3.8) is 0 Å². The molecule has 2 aromatic carbocycles. The van der Waals surface area contributed by atoms with Crippen molar-refractivity contribution < 1.29 is 41.9 Å². The lowest BCUT2D eigenvalue weighted by atomic mass is 9.92. The van der Waals surface area contributed by atoms with E-state index in [2.05, 4.69) is 30.6 Å². The van der Waals surface area contributed by atoms with E-state index >= 15 is 0 Å². The van der Waals surface area contributed by atoms with Gasteiger partial charge < -0.3 is 41.2 Å². The number of carbonyl (C=O) groups excluding carboxylic acids is 2. The number of hydrogen-bond acceptors (Lipinski definition) is 12. The van der Waals surface area contributed by atoms with Crippen LogP contribution in [0.4, 0.5) is 5.69 Å². The third kappa shape index (κ3) is 12.4. The molecule has 1 fully saturated rings. The van der Waals surface area contributed by atoms with Crippen LogP contribution in [-0.2, 0) is 19.6 Å². The summed E-state index contributed by atoms with van der Waals surface area (Å²) < 4.78 is 40.3. The summed E-state index contributed by atoms with van der Waals surface area (Å²) in [5, 5.41) is 19.2. The molecule has 0 bridgehead atoms. The van der Waals surface area contributed by atoms with Gasteiger partial charge in [-0.05, 0) is 68.3 Å². The van der Waals surface area contributed by atoms with Crippen molar-refractivity contribution in [1.82, 2.24) is 20.7 Å². The third-order valence-corrected chi connectivity index (χ3v) is 11.4. The Morgan fingerprint density at radius 2 is 1.68 bits per heavy atom. The van der Waals surface area contributed by atoms with E-state index in [1.807, 2.05) is 27.7 Å². The fourth-order valence-electron chi connectivity index (χ4n) is 6.88. The predicted octanol–water partition coefficient (Wildman–Crippen LogP) is 2.01. The number of nitrogens with two attached hydrogens (primary N) is 1. The molecule has 0 spiro atoms. The lowest BCUT2D eigenvalue weighted by molar-refractivity contribution is -0.815. The van der Waals surface area contributed by atoms with Crippen LogP contribution in [0.15, 0.2) is 52.4 Å². The zero-order chi connectivity index (χ0) is 41.3. The lowest BCUT2D eigenvalue weighted by Gasteiger charge is -2.35. The van der Waals surface area contributed by atoms with Crippen molar-refractivity contribution in [2.24, 2.45) is 21.6 Å². The highest BCUT2D eigenvalue weighted by atomic mass is 32.2. The maximum atomic E-state index is 13.5. The molecule has 0 radical (unpaired) electrons. The summed E-state index contributed by atoms with van der Waals surface area (Å²) in [4.78, 5) is 45.3. The molecule has 17 heteroatoms. The van der Waals surface area contributed by atoms with Crippen LogP contribution in [0.5, 0.6) is 5.75 Å². The Hall–Kier alpha value is -4.29. The number of guanidine groups is 1. The number of carboxylic acids is 1. The van der Waals surface area contributed by atoms with Crippen LogP contribution < -0.4 is 36.0 Å². The number of rotatable bonds is 18. The number of quaternary nitrogens is 1. The van der Waals surface area contributed by atoms with Gasteiger partial charge in [0.25, 0.3) is 5.91 Å². The molecular formula is C39H61N8O8S+. The third-order valence-electron chi connectivity index (χ3n) is 9.90. The Morgan fingerprint density at radius 1 is 1.04 bits per heavy atom. The molecule has 0 saturated carbocycles. The van der Waals surface area contributed by atoms with Gasteiger partial charge in [0.15, 0.2) is 5.96 Å². The summed E-state index contributed by atoms with van der Waals surface area (Å²) in [7, 11) is 0.728. The van der Waals surface area contributed by atoms with E-state index in [0.717, 1.165) is 57.1 Å². The van der Waals surface area contributed by atoms with Crippen LogP contribution in [0.1, 0.15) is 67.7 Å². The van der Waals surface area contributed by atoms with E-state index < -0.39 is 34.5 Å². The van der Waals surface area contributed by atoms with Crippen molar-refractivity contribution >= 4 is 39.5 Å². The zero-order valence-electron chi connectivity index (χ0n) is 33.8. The molecule has 1 atom stereocenters. The van der Waals surface area contributed by atoms with Gasteiger partial charge in [-0.2, -0.15) is 4.72 Å². The Balaban J connectivity index is 1.33. The normalized spacial score (nSPS) is 16.4. The first-order valence-electron chi connectivity index (χ1n) is 19.0. The van der Waals surface area contributed by atoms with Gasteiger partial charge in [-0.25, -0.2) is 13.2 Å². The molecule has 2 aromatic rings. The van der Waals surface area contributed by atoms with Crippen LogP contribution in [0, 0.1) is 10.8 Å². The second-order valence-corrected chi connectivity index (χ2v) is 18.4. The van der Waals surface area contributed by atoms with E-state index in [0.29, 0.717) is 43.7 Å². The van der Waals surface area contributed by atoms with Gasteiger partial charge in [0, 0.05) is 55.2 Å². The number of nitrogens with zero attached hydrogens (tertiary/aromatic N) is 3. The number of benzene rings is 2. The number of carbonyl (C=O) groups is 3. The molecule has 2 aliphatic heterocycles. The predicted molar refractivity (Wildman–Crippen MR) is 216 cm³/mol. The summed E-state index contributed by atoms with van der Waals surface area (Å²) >= 11 is 0. The van der Waals surface area contributed by atoms with Gasteiger partial charge >= 0.3 is 11.9 Å². The average molecular weight is 802 g/mol. The number of aliphatic carboxylic acids is 1. The number of aliphatic imine (C=N–C) groups is 1. The molecule has 2 aliphatic rings. The second-order valence-electron chi connectivity index (χ2n) is 16.7. The van der Waals surface area contributed by atoms with Gasteiger partial charge in [0.05, 0.1) is 57.1 Å². The molecule has 7 N–H and O–H groups in total. The van der Waals surface area contributed by atoms with E-state index in [1.54, 1.807) is 32.3 Å². The van der Waals surface area contributed by atoms with Crippen LogP contribution in [0.2, 0.25) is 0 Å². The van der Waals surface area contributed by atoms with Gasteiger partial charge in [-0.3, -0.25) is 19.1 Å². The molecule has 2 heterocycles. The summed E-state index contributed by atoms with van der Waals surface area (Å²) in [6, 6.07) is 8.94. The fourth-order valence-corrected chi connectivity index (χ4v) is 8.06. The molecule has 310 valence electrons. The molecule has 16 nitrogen and oxygen atoms in total. The highest BCUT2D eigenvalue weighted by Crippen LogP contribution is 2.32. The maximum Gasteiger partial charge on any atom is 0.345 e. The van der Waals surface area contributed by atoms with Crippen molar-refractivity contribution in [2.75, 3.05) is 85.1 Å². The number of methoxy groups -OCH3 is 1. The molecule has 2 amide bonds. The first-order valence-corrected chi connectivity index (χ1v) is 20.5. The van der Waals surface area contributed by atoms with Crippen molar-refractivity contribution in [2.45, 2.75) is 63.9 Å². The molecule has 1 unspecified atom stereocenters. The highest BCUT2D eigenvalue weighted by molar-refractivity contribution is 7.89. The SMILES string of the molecule is COc1cc(C(=O)NCC(NS(=O)(=O)c2ccc(C(=O)[N+](C)(C)CC(C)(C)COCC(C)(C)CN)cc2)C(=O)O)ccc1N1CCC(NC2=NCCCN2)CC1. The second kappa shape index (κ2) is 18.8. The number of ether oxygens (including phenoxy) is 2. The molecule has 4 rings (SSSR count). The van der Waals surface area contributed by atoms with Crippen LogP contribution >= 0.6 is 0 Å². The Kier molecular flexibility index (Phi) is 14.9. The molecule has 0 aliphatic carbocycles. The standard InChI is InChI=1S/C39H60N8O8S/c1-38(2,23-40)25-55-26-39(3,4)24-47(5,6)35(49)27-9-12-30(13-10-27)56(52,53)45-31(36(50)51)22-43-34(48)28-11-14-32(33(21-28)54-7)46-19-15-29(16-20-46)44-37-41-17-8-18-42-37/h9-14,21,29,31,45H,8,15-20,22-26,40H2,1-7H3,(H3-,41,42,43,44,48,50,51)/p+1.